The van der Waals surface area contributed by atoms with Crippen molar-refractivity contribution in [2.24, 2.45) is 11.3 Å². The first kappa shape index (κ1) is 14.9. The van der Waals surface area contributed by atoms with Gasteiger partial charge in [-0.1, -0.05) is 0 Å². The zero-order valence-corrected chi connectivity index (χ0v) is 13.7. The molecule has 4 rings (SSSR count). The number of fused-ring (bicyclic) bond motifs is 1. The molecule has 0 spiro atoms. The van der Waals surface area contributed by atoms with Crippen molar-refractivity contribution in [2.75, 3.05) is 32.8 Å². The third-order valence-corrected chi connectivity index (χ3v) is 5.65. The van der Waals surface area contributed by atoms with Gasteiger partial charge in [-0.2, -0.15) is 11.3 Å². The van der Waals surface area contributed by atoms with E-state index in [9.17, 15) is 4.79 Å². The molecule has 6 heteroatoms. The summed E-state index contributed by atoms with van der Waals surface area (Å²) in [5.74, 6) is 0.497. The van der Waals surface area contributed by atoms with E-state index in [0.29, 0.717) is 12.5 Å². The molecule has 2 saturated heterocycles. The Labute approximate surface area is 139 Å². The largest absolute Gasteiger partial charge is 0.472 e. The van der Waals surface area contributed by atoms with E-state index >= 15 is 0 Å². The van der Waals surface area contributed by atoms with E-state index in [1.54, 1.807) is 23.9 Å². The highest BCUT2D eigenvalue weighted by Gasteiger charge is 2.50. The maximum atomic E-state index is 12.2. The van der Waals surface area contributed by atoms with Gasteiger partial charge in [-0.05, 0) is 17.5 Å². The zero-order chi connectivity index (χ0) is 15.7. The van der Waals surface area contributed by atoms with E-state index in [-0.39, 0.29) is 11.3 Å². The van der Waals surface area contributed by atoms with Gasteiger partial charge in [-0.25, -0.2) is 0 Å². The highest BCUT2D eigenvalue weighted by atomic mass is 32.1. The van der Waals surface area contributed by atoms with Crippen LogP contribution in [0.4, 0.5) is 0 Å². The number of nitrogens with one attached hydrogen (secondary N) is 1. The number of nitrogens with zero attached hydrogens (tertiary/aromatic N) is 1. The Bertz CT molecular complexity index is 655. The van der Waals surface area contributed by atoms with E-state index in [1.165, 1.54) is 5.56 Å². The van der Waals surface area contributed by atoms with Crippen LogP contribution in [0.15, 0.2) is 39.8 Å². The third kappa shape index (κ3) is 2.94. The number of hydrogen-bond acceptors (Lipinski definition) is 5. The molecule has 122 valence electrons. The molecule has 2 fully saturated rings. The van der Waals surface area contributed by atoms with Crippen LogP contribution in [0.1, 0.15) is 15.9 Å². The Hall–Kier alpha value is -1.63. The van der Waals surface area contributed by atoms with Crippen LogP contribution in [0.3, 0.4) is 0 Å². The molecule has 0 aromatic carbocycles. The Morgan fingerprint density at radius 3 is 3.22 bits per heavy atom. The quantitative estimate of drug-likeness (QED) is 0.912. The van der Waals surface area contributed by atoms with Crippen LogP contribution in [0.25, 0.3) is 0 Å². The fourth-order valence-electron chi connectivity index (χ4n) is 3.71. The maximum Gasteiger partial charge on any atom is 0.252 e. The smallest absolute Gasteiger partial charge is 0.252 e. The van der Waals surface area contributed by atoms with Crippen LogP contribution >= 0.6 is 11.3 Å². The summed E-state index contributed by atoms with van der Waals surface area (Å²) in [6.07, 6.45) is 3.52. The van der Waals surface area contributed by atoms with Crippen LogP contribution in [-0.4, -0.2) is 43.7 Å². The summed E-state index contributed by atoms with van der Waals surface area (Å²) in [4.78, 5) is 14.7. The van der Waals surface area contributed by atoms with Crippen molar-refractivity contribution in [3.8, 4) is 0 Å². The van der Waals surface area contributed by atoms with Crippen LogP contribution in [-0.2, 0) is 11.3 Å². The topological polar surface area (TPSA) is 54.7 Å². The summed E-state index contributed by atoms with van der Waals surface area (Å²) in [5, 5.41) is 6.92. The Morgan fingerprint density at radius 1 is 1.48 bits per heavy atom. The van der Waals surface area contributed by atoms with Crippen molar-refractivity contribution in [3.63, 3.8) is 0 Å². The number of amides is 1. The molecule has 0 bridgehead atoms. The molecule has 0 saturated carbocycles. The minimum absolute atomic E-state index is 0.0135. The molecule has 2 aliphatic rings. The van der Waals surface area contributed by atoms with Crippen LogP contribution in [0.2, 0.25) is 0 Å². The maximum absolute atomic E-state index is 12.2. The molecule has 0 aliphatic carbocycles. The summed E-state index contributed by atoms with van der Waals surface area (Å²) in [5.41, 5.74) is 1.98. The first-order valence-corrected chi connectivity index (χ1v) is 8.81. The minimum Gasteiger partial charge on any atom is -0.472 e. The molecule has 1 N–H and O–H groups in total. The molecule has 2 aromatic heterocycles. The monoisotopic (exact) mass is 332 g/mol. The van der Waals surface area contributed by atoms with Crippen LogP contribution < -0.4 is 5.32 Å². The van der Waals surface area contributed by atoms with Gasteiger partial charge in [0.25, 0.3) is 5.91 Å². The number of carbonyl (C=O) groups excluding carboxylic acids is 1. The average Bonchev–Trinajstić information content (AvgIpc) is 3.29. The van der Waals surface area contributed by atoms with E-state index < -0.39 is 0 Å². The number of rotatable bonds is 5. The van der Waals surface area contributed by atoms with Gasteiger partial charge in [0.15, 0.2) is 0 Å². The first-order valence-electron chi connectivity index (χ1n) is 7.87. The lowest BCUT2D eigenvalue weighted by atomic mass is 9.81. The molecule has 4 heterocycles. The van der Waals surface area contributed by atoms with Gasteiger partial charge in [0, 0.05) is 54.0 Å². The Kier molecular flexibility index (Phi) is 3.97. The second kappa shape index (κ2) is 6.11. The molecule has 0 radical (unpaired) electrons. The summed E-state index contributed by atoms with van der Waals surface area (Å²) in [6, 6.07) is 3.87. The average molecular weight is 332 g/mol. The van der Waals surface area contributed by atoms with Gasteiger partial charge in [0.1, 0.15) is 0 Å². The van der Waals surface area contributed by atoms with E-state index in [1.807, 2.05) is 22.9 Å². The van der Waals surface area contributed by atoms with Gasteiger partial charge in [-0.15, -0.1) is 0 Å². The predicted octanol–water partition coefficient (Wildman–Crippen LogP) is 2.22. The molecule has 2 aliphatic heterocycles. The number of carbonyl (C=O) groups is 1. The Balaban J connectivity index is 1.40. The van der Waals surface area contributed by atoms with Gasteiger partial charge in [0.05, 0.1) is 25.7 Å². The number of thiophene rings is 1. The second-order valence-electron chi connectivity index (χ2n) is 6.57. The Morgan fingerprint density at radius 2 is 2.43 bits per heavy atom. The number of hydrogen-bond donors (Lipinski definition) is 1. The molecular formula is C17H20N2O3S. The normalized spacial score (nSPS) is 27.2. The number of ether oxygens (including phenoxy) is 1. The van der Waals surface area contributed by atoms with Crippen molar-refractivity contribution in [1.29, 1.82) is 0 Å². The van der Waals surface area contributed by atoms with Crippen molar-refractivity contribution in [1.82, 2.24) is 10.2 Å². The molecule has 23 heavy (non-hydrogen) atoms. The van der Waals surface area contributed by atoms with Crippen LogP contribution in [0, 0.1) is 11.3 Å². The van der Waals surface area contributed by atoms with E-state index in [4.69, 9.17) is 9.15 Å². The summed E-state index contributed by atoms with van der Waals surface area (Å²) in [6.45, 7) is 5.05. The van der Waals surface area contributed by atoms with Crippen molar-refractivity contribution in [2.45, 2.75) is 6.54 Å². The highest BCUT2D eigenvalue weighted by Crippen LogP contribution is 2.41. The van der Waals surface area contributed by atoms with Crippen molar-refractivity contribution in [3.05, 3.63) is 46.5 Å². The lowest BCUT2D eigenvalue weighted by Crippen LogP contribution is -2.43. The molecule has 0 unspecified atom stereocenters. The van der Waals surface area contributed by atoms with Gasteiger partial charge >= 0.3 is 0 Å². The van der Waals surface area contributed by atoms with Crippen molar-refractivity contribution < 1.29 is 13.9 Å². The molecule has 2 atom stereocenters. The number of furan rings is 1. The minimum atomic E-state index is 0.0135. The van der Waals surface area contributed by atoms with Gasteiger partial charge in [0.2, 0.25) is 0 Å². The van der Waals surface area contributed by atoms with Gasteiger partial charge in [-0.3, -0.25) is 9.69 Å². The summed E-state index contributed by atoms with van der Waals surface area (Å²) < 4.78 is 10.9. The third-order valence-electron chi connectivity index (χ3n) is 4.96. The lowest BCUT2D eigenvalue weighted by Gasteiger charge is -2.27. The molecule has 5 nitrogen and oxygen atoms in total. The summed E-state index contributed by atoms with van der Waals surface area (Å²) in [7, 11) is 0. The van der Waals surface area contributed by atoms with E-state index in [2.05, 4.69) is 10.2 Å². The lowest BCUT2D eigenvalue weighted by molar-refractivity contribution is 0.0904. The number of likely N-dealkylation sites (tertiary alicyclic amines) is 1. The SMILES string of the molecule is O=C(NC[C@]12COC[C@H]1CN(Cc1ccoc1)C2)c1ccsc1. The second-order valence-corrected chi connectivity index (χ2v) is 7.35. The summed E-state index contributed by atoms with van der Waals surface area (Å²) >= 11 is 1.54. The van der Waals surface area contributed by atoms with Gasteiger partial charge < -0.3 is 14.5 Å². The highest BCUT2D eigenvalue weighted by molar-refractivity contribution is 7.08. The molecule has 2 aromatic rings. The molecule has 1 amide bonds. The zero-order valence-electron chi connectivity index (χ0n) is 12.9. The molecular weight excluding hydrogens is 312 g/mol. The first-order chi connectivity index (χ1) is 11.3. The fourth-order valence-corrected chi connectivity index (χ4v) is 4.34. The predicted molar refractivity (Wildman–Crippen MR) is 87.4 cm³/mol. The standard InChI is InChI=1S/C17H20N2O3S/c20-16(14-2-4-23-9-14)18-10-17-11-19(5-13-1-3-21-7-13)6-15(17)8-22-12-17/h1-4,7,9,15H,5-6,8,10-12H2,(H,18,20)/t15-,17+/m1/s1. The van der Waals surface area contributed by atoms with Crippen molar-refractivity contribution >= 4 is 17.2 Å². The fraction of sp³-hybridized carbons (Fsp3) is 0.471. The van der Waals surface area contributed by atoms with Crippen LogP contribution in [0.5, 0.6) is 0 Å². The van der Waals surface area contributed by atoms with E-state index in [0.717, 1.165) is 38.4 Å².